The lowest BCUT2D eigenvalue weighted by molar-refractivity contribution is -0.131. The number of amides is 1. The molecule has 0 saturated heterocycles. The Kier molecular flexibility index (Phi) is 4.46. The Labute approximate surface area is 136 Å². The normalized spacial score (nSPS) is 13.6. The van der Waals surface area contributed by atoms with Crippen molar-refractivity contribution >= 4 is 11.6 Å². The predicted molar refractivity (Wildman–Crippen MR) is 88.9 cm³/mol. The second-order valence-corrected chi connectivity index (χ2v) is 5.86. The van der Waals surface area contributed by atoms with Crippen LogP contribution < -0.4 is 10.5 Å². The molecule has 0 spiro atoms. The number of benzene rings is 1. The van der Waals surface area contributed by atoms with Crippen molar-refractivity contribution in [3.05, 3.63) is 53.9 Å². The maximum Gasteiger partial charge on any atom is 0.229 e. The van der Waals surface area contributed by atoms with Crippen molar-refractivity contribution in [3.63, 3.8) is 0 Å². The minimum absolute atomic E-state index is 0.112. The summed E-state index contributed by atoms with van der Waals surface area (Å²) in [5.74, 6) is 0.935. The Bertz CT molecular complexity index is 664. The third-order valence-electron chi connectivity index (χ3n) is 4.00. The first-order valence-corrected chi connectivity index (χ1v) is 7.78. The molecule has 1 aliphatic rings. The molecule has 0 bridgehead atoms. The Morgan fingerprint density at radius 3 is 2.57 bits per heavy atom. The van der Waals surface area contributed by atoms with Gasteiger partial charge in [0.2, 0.25) is 5.91 Å². The van der Waals surface area contributed by atoms with Crippen LogP contribution in [0.25, 0.3) is 0 Å². The van der Waals surface area contributed by atoms with Gasteiger partial charge in [-0.2, -0.15) is 0 Å². The van der Waals surface area contributed by atoms with E-state index in [1.165, 1.54) is 0 Å². The van der Waals surface area contributed by atoms with Gasteiger partial charge < -0.3 is 15.4 Å². The van der Waals surface area contributed by atoms with Crippen LogP contribution in [0.15, 0.2) is 42.6 Å². The van der Waals surface area contributed by atoms with Gasteiger partial charge in [-0.15, -0.1) is 0 Å². The highest BCUT2D eigenvalue weighted by atomic mass is 16.5. The molecule has 0 aliphatic heterocycles. The minimum atomic E-state index is 0.112. The monoisotopic (exact) mass is 311 g/mol. The molecule has 1 aliphatic carbocycles. The molecule has 1 amide bonds. The first kappa shape index (κ1) is 15.3. The number of anilines is 1. The zero-order chi connectivity index (χ0) is 16.2. The first-order valence-electron chi connectivity index (χ1n) is 7.78. The SMILES string of the molecule is COc1ccc(CN(C(=O)Cc2ccc(N)cn2)C2CC2)cc1. The topological polar surface area (TPSA) is 68.5 Å². The summed E-state index contributed by atoms with van der Waals surface area (Å²) in [5, 5.41) is 0. The van der Waals surface area contributed by atoms with E-state index in [-0.39, 0.29) is 5.91 Å². The average molecular weight is 311 g/mol. The van der Waals surface area contributed by atoms with Gasteiger partial charge in [0.25, 0.3) is 0 Å². The molecule has 5 heteroatoms. The number of methoxy groups -OCH3 is 1. The Morgan fingerprint density at radius 2 is 2.00 bits per heavy atom. The van der Waals surface area contributed by atoms with Gasteiger partial charge in [-0.25, -0.2) is 0 Å². The standard InChI is InChI=1S/C18H21N3O2/c1-23-17-8-2-13(3-9-17)12-21(16-6-7-16)18(22)10-15-5-4-14(19)11-20-15/h2-5,8-9,11,16H,6-7,10,12,19H2,1H3. The molecule has 1 heterocycles. The fourth-order valence-corrected chi connectivity index (χ4v) is 2.53. The second-order valence-electron chi connectivity index (χ2n) is 5.86. The van der Waals surface area contributed by atoms with Crippen molar-refractivity contribution in [3.8, 4) is 5.75 Å². The summed E-state index contributed by atoms with van der Waals surface area (Å²) in [4.78, 5) is 18.8. The van der Waals surface area contributed by atoms with E-state index >= 15 is 0 Å². The van der Waals surface area contributed by atoms with Crippen LogP contribution in [0.3, 0.4) is 0 Å². The molecule has 2 aromatic rings. The van der Waals surface area contributed by atoms with Gasteiger partial charge in [-0.3, -0.25) is 9.78 Å². The van der Waals surface area contributed by atoms with Crippen LogP contribution in [0.4, 0.5) is 5.69 Å². The van der Waals surface area contributed by atoms with Gasteiger partial charge in [-0.05, 0) is 42.7 Å². The molecule has 0 radical (unpaired) electrons. The fourth-order valence-electron chi connectivity index (χ4n) is 2.53. The number of hydrogen-bond donors (Lipinski definition) is 1. The quantitative estimate of drug-likeness (QED) is 0.889. The largest absolute Gasteiger partial charge is 0.497 e. The lowest BCUT2D eigenvalue weighted by atomic mass is 10.1. The number of pyridine rings is 1. The third kappa shape index (κ3) is 4.00. The number of nitrogen functional groups attached to an aromatic ring is 1. The number of nitrogens with zero attached hydrogens (tertiary/aromatic N) is 2. The Hall–Kier alpha value is -2.56. The Morgan fingerprint density at radius 1 is 1.26 bits per heavy atom. The van der Waals surface area contributed by atoms with Crippen molar-refractivity contribution in [2.24, 2.45) is 0 Å². The zero-order valence-electron chi connectivity index (χ0n) is 13.2. The summed E-state index contributed by atoms with van der Waals surface area (Å²) in [7, 11) is 1.65. The maximum absolute atomic E-state index is 12.6. The summed E-state index contributed by atoms with van der Waals surface area (Å²) >= 11 is 0. The van der Waals surface area contributed by atoms with Gasteiger partial charge in [0.05, 0.1) is 25.4 Å². The molecule has 120 valence electrons. The van der Waals surface area contributed by atoms with Crippen LogP contribution in [-0.4, -0.2) is 28.9 Å². The molecule has 23 heavy (non-hydrogen) atoms. The molecule has 3 rings (SSSR count). The lowest BCUT2D eigenvalue weighted by Crippen LogP contribution is -2.34. The van der Waals surface area contributed by atoms with Gasteiger partial charge in [0.15, 0.2) is 0 Å². The van der Waals surface area contributed by atoms with Crippen molar-refractivity contribution in [2.45, 2.75) is 31.8 Å². The molecular formula is C18H21N3O2. The first-order chi connectivity index (χ1) is 11.2. The van der Waals surface area contributed by atoms with Crippen LogP contribution in [0.1, 0.15) is 24.1 Å². The maximum atomic E-state index is 12.6. The van der Waals surface area contributed by atoms with Gasteiger partial charge in [0.1, 0.15) is 5.75 Å². The molecule has 1 fully saturated rings. The smallest absolute Gasteiger partial charge is 0.229 e. The number of ether oxygens (including phenoxy) is 1. The summed E-state index contributed by atoms with van der Waals surface area (Å²) < 4.78 is 5.17. The van der Waals surface area contributed by atoms with E-state index in [1.807, 2.05) is 35.2 Å². The molecular weight excluding hydrogens is 290 g/mol. The van der Waals surface area contributed by atoms with Crippen molar-refractivity contribution in [1.29, 1.82) is 0 Å². The molecule has 2 N–H and O–H groups in total. The zero-order valence-corrected chi connectivity index (χ0v) is 13.2. The third-order valence-corrected chi connectivity index (χ3v) is 4.00. The molecule has 1 aromatic carbocycles. The summed E-state index contributed by atoms with van der Waals surface area (Å²) in [6.07, 6.45) is 4.06. The van der Waals surface area contributed by atoms with E-state index < -0.39 is 0 Å². The number of carbonyl (C=O) groups excluding carboxylic acids is 1. The highest BCUT2D eigenvalue weighted by molar-refractivity contribution is 5.79. The van der Waals surface area contributed by atoms with E-state index in [0.29, 0.717) is 24.7 Å². The summed E-state index contributed by atoms with van der Waals surface area (Å²) in [6, 6.07) is 11.8. The Balaban J connectivity index is 1.67. The highest BCUT2D eigenvalue weighted by Crippen LogP contribution is 2.29. The van der Waals surface area contributed by atoms with E-state index in [4.69, 9.17) is 10.5 Å². The lowest BCUT2D eigenvalue weighted by Gasteiger charge is -2.22. The molecule has 5 nitrogen and oxygen atoms in total. The number of nitrogens with two attached hydrogens (primary N) is 1. The van der Waals surface area contributed by atoms with Crippen molar-refractivity contribution in [2.75, 3.05) is 12.8 Å². The number of rotatable bonds is 6. The average Bonchev–Trinajstić information content (AvgIpc) is 3.40. The van der Waals surface area contributed by atoms with E-state index in [9.17, 15) is 4.79 Å². The summed E-state index contributed by atoms with van der Waals surface area (Å²) in [5.41, 5.74) is 8.10. The van der Waals surface area contributed by atoms with Gasteiger partial charge >= 0.3 is 0 Å². The van der Waals surface area contributed by atoms with Crippen molar-refractivity contribution in [1.82, 2.24) is 9.88 Å². The van der Waals surface area contributed by atoms with Crippen LogP contribution in [-0.2, 0) is 17.8 Å². The van der Waals surface area contributed by atoms with E-state index in [1.54, 1.807) is 19.4 Å². The van der Waals surface area contributed by atoms with Gasteiger partial charge in [0, 0.05) is 18.3 Å². The second kappa shape index (κ2) is 6.69. The number of aromatic nitrogens is 1. The molecule has 0 unspecified atom stereocenters. The molecule has 1 saturated carbocycles. The van der Waals surface area contributed by atoms with Crippen LogP contribution >= 0.6 is 0 Å². The minimum Gasteiger partial charge on any atom is -0.497 e. The van der Waals surface area contributed by atoms with Crippen LogP contribution in [0.5, 0.6) is 5.75 Å². The van der Waals surface area contributed by atoms with Gasteiger partial charge in [-0.1, -0.05) is 12.1 Å². The fraction of sp³-hybridized carbons (Fsp3) is 0.333. The predicted octanol–water partition coefficient (Wildman–Crippen LogP) is 2.41. The van der Waals surface area contributed by atoms with Crippen LogP contribution in [0.2, 0.25) is 0 Å². The van der Waals surface area contributed by atoms with Crippen LogP contribution in [0, 0.1) is 0 Å². The number of carbonyl (C=O) groups is 1. The summed E-state index contributed by atoms with van der Waals surface area (Å²) in [6.45, 7) is 0.627. The number of hydrogen-bond acceptors (Lipinski definition) is 4. The van der Waals surface area contributed by atoms with Crippen molar-refractivity contribution < 1.29 is 9.53 Å². The van der Waals surface area contributed by atoms with E-state index in [0.717, 1.165) is 29.8 Å². The highest BCUT2D eigenvalue weighted by Gasteiger charge is 2.32. The van der Waals surface area contributed by atoms with E-state index in [2.05, 4.69) is 4.98 Å². The molecule has 1 aromatic heterocycles. The molecule has 0 atom stereocenters.